The molecule has 1 aromatic carbocycles. The van der Waals surface area contributed by atoms with Crippen LogP contribution in [0.3, 0.4) is 0 Å². The minimum Gasteiger partial charge on any atom is -0.486 e. The van der Waals surface area contributed by atoms with E-state index in [0.29, 0.717) is 5.92 Å². The fraction of sp³-hybridized carbons (Fsp3) is 0.667. The average molecular weight is 258 g/mol. The Labute approximate surface area is 117 Å². The van der Waals surface area contributed by atoms with Gasteiger partial charge < -0.3 is 4.74 Å². The molecule has 0 radical (unpaired) electrons. The molecule has 1 aliphatic carbocycles. The molecular weight excluding hydrogens is 232 g/mol. The summed E-state index contributed by atoms with van der Waals surface area (Å²) in [5, 5.41) is 0. The van der Waals surface area contributed by atoms with Crippen LogP contribution in [0, 0.1) is 27.7 Å². The minimum absolute atomic E-state index is 0.107. The van der Waals surface area contributed by atoms with E-state index in [1.807, 2.05) is 0 Å². The summed E-state index contributed by atoms with van der Waals surface area (Å²) in [5.41, 5.74) is 7.31. The molecule has 0 aromatic heterocycles. The van der Waals surface area contributed by atoms with Crippen molar-refractivity contribution in [2.75, 3.05) is 0 Å². The van der Waals surface area contributed by atoms with E-state index in [4.69, 9.17) is 4.74 Å². The quantitative estimate of drug-likeness (QED) is 0.627. The fourth-order valence-electron chi connectivity index (χ4n) is 4.20. The Morgan fingerprint density at radius 2 is 1.42 bits per heavy atom. The summed E-state index contributed by atoms with van der Waals surface area (Å²) in [6.45, 7) is 11.4. The highest BCUT2D eigenvalue weighted by molar-refractivity contribution is 5.58. The Morgan fingerprint density at radius 1 is 0.842 bits per heavy atom. The monoisotopic (exact) mass is 258 g/mol. The van der Waals surface area contributed by atoms with Crippen molar-refractivity contribution in [1.29, 1.82) is 0 Å². The third-order valence-electron chi connectivity index (χ3n) is 5.90. The van der Waals surface area contributed by atoms with Gasteiger partial charge in [-0.1, -0.05) is 13.3 Å². The number of rotatable bonds is 0. The molecule has 1 aromatic rings. The first kappa shape index (κ1) is 13.0. The molecule has 3 rings (SSSR count). The molecule has 1 spiro atoms. The molecular formula is C18H26O. The maximum atomic E-state index is 6.60. The maximum absolute atomic E-state index is 6.60. The lowest BCUT2D eigenvalue weighted by atomic mass is 9.74. The van der Waals surface area contributed by atoms with Gasteiger partial charge in [0.25, 0.3) is 0 Å². The van der Waals surface area contributed by atoms with Crippen LogP contribution in [0.5, 0.6) is 5.75 Å². The molecule has 0 bridgehead atoms. The Bertz CT molecular complexity index is 521. The molecule has 1 saturated carbocycles. The van der Waals surface area contributed by atoms with Crippen LogP contribution in [-0.4, -0.2) is 5.60 Å². The zero-order chi connectivity index (χ0) is 13.8. The first-order chi connectivity index (χ1) is 8.98. The second-order valence-electron chi connectivity index (χ2n) is 6.69. The van der Waals surface area contributed by atoms with Crippen molar-refractivity contribution >= 4 is 0 Å². The number of ether oxygens (including phenoxy) is 1. The smallest absolute Gasteiger partial charge is 0.127 e. The molecule has 2 aliphatic rings. The van der Waals surface area contributed by atoms with E-state index in [0.717, 1.165) is 0 Å². The van der Waals surface area contributed by atoms with Gasteiger partial charge >= 0.3 is 0 Å². The van der Waals surface area contributed by atoms with Gasteiger partial charge in [-0.25, -0.2) is 0 Å². The number of hydrogen-bond donors (Lipinski definition) is 0. The van der Waals surface area contributed by atoms with Crippen molar-refractivity contribution in [1.82, 2.24) is 0 Å². The Kier molecular flexibility index (Phi) is 2.92. The molecule has 1 unspecified atom stereocenters. The summed E-state index contributed by atoms with van der Waals surface area (Å²) in [5.74, 6) is 1.77. The lowest BCUT2D eigenvalue weighted by Crippen LogP contribution is -2.39. The zero-order valence-corrected chi connectivity index (χ0v) is 13.0. The van der Waals surface area contributed by atoms with Gasteiger partial charge in [-0.05, 0) is 75.6 Å². The van der Waals surface area contributed by atoms with Crippen molar-refractivity contribution in [3.05, 3.63) is 27.8 Å². The van der Waals surface area contributed by atoms with Crippen LogP contribution in [0.4, 0.5) is 0 Å². The van der Waals surface area contributed by atoms with E-state index in [-0.39, 0.29) is 5.60 Å². The first-order valence-electron chi connectivity index (χ1n) is 7.77. The summed E-state index contributed by atoms with van der Waals surface area (Å²) in [7, 11) is 0. The zero-order valence-electron chi connectivity index (χ0n) is 13.0. The van der Waals surface area contributed by atoms with Crippen LogP contribution >= 0.6 is 0 Å². The highest BCUT2D eigenvalue weighted by atomic mass is 16.5. The normalized spacial score (nSPS) is 24.4. The molecule has 1 fully saturated rings. The highest BCUT2D eigenvalue weighted by Crippen LogP contribution is 2.54. The third kappa shape index (κ3) is 1.67. The predicted molar refractivity (Wildman–Crippen MR) is 80.2 cm³/mol. The van der Waals surface area contributed by atoms with E-state index < -0.39 is 0 Å². The van der Waals surface area contributed by atoms with Gasteiger partial charge in [0.15, 0.2) is 0 Å². The Balaban J connectivity index is 2.15. The molecule has 1 aliphatic heterocycles. The van der Waals surface area contributed by atoms with Crippen LogP contribution in [-0.2, 0) is 0 Å². The highest BCUT2D eigenvalue weighted by Gasteiger charge is 2.47. The molecule has 0 N–H and O–H groups in total. The van der Waals surface area contributed by atoms with Crippen LogP contribution < -0.4 is 4.74 Å². The van der Waals surface area contributed by atoms with Gasteiger partial charge in [-0.2, -0.15) is 0 Å². The van der Waals surface area contributed by atoms with Crippen LogP contribution in [0.2, 0.25) is 0 Å². The lowest BCUT2D eigenvalue weighted by molar-refractivity contribution is 0.0329. The Morgan fingerprint density at radius 3 is 2.05 bits per heavy atom. The summed E-state index contributed by atoms with van der Waals surface area (Å²) in [6.07, 6.45) is 6.51. The Hall–Kier alpha value is -0.980. The van der Waals surface area contributed by atoms with Crippen LogP contribution in [0.15, 0.2) is 0 Å². The van der Waals surface area contributed by atoms with Crippen molar-refractivity contribution in [2.24, 2.45) is 0 Å². The van der Waals surface area contributed by atoms with E-state index in [2.05, 4.69) is 34.6 Å². The first-order valence-corrected chi connectivity index (χ1v) is 7.77. The second kappa shape index (κ2) is 4.26. The van der Waals surface area contributed by atoms with Gasteiger partial charge in [0.1, 0.15) is 11.4 Å². The van der Waals surface area contributed by atoms with Gasteiger partial charge in [0, 0.05) is 11.5 Å². The summed E-state index contributed by atoms with van der Waals surface area (Å²) in [4.78, 5) is 0. The van der Waals surface area contributed by atoms with Gasteiger partial charge in [-0.3, -0.25) is 0 Å². The lowest BCUT2D eigenvalue weighted by Gasteiger charge is -2.36. The number of benzene rings is 1. The summed E-state index contributed by atoms with van der Waals surface area (Å²) < 4.78 is 6.60. The van der Waals surface area contributed by atoms with Crippen LogP contribution in [0.1, 0.15) is 72.8 Å². The van der Waals surface area contributed by atoms with E-state index >= 15 is 0 Å². The largest absolute Gasteiger partial charge is 0.486 e. The van der Waals surface area contributed by atoms with Crippen molar-refractivity contribution in [2.45, 2.75) is 78.2 Å². The topological polar surface area (TPSA) is 9.23 Å². The molecule has 0 saturated heterocycles. The standard InChI is InChI=1S/C18H26O/c1-11-12(2)14(4)17-16(13(11)3)15(5)18(19-17)9-7-6-8-10-18/h15H,6-10H2,1-5H3. The summed E-state index contributed by atoms with van der Waals surface area (Å²) in [6, 6.07) is 0. The van der Waals surface area contributed by atoms with E-state index in [1.165, 1.54) is 65.7 Å². The van der Waals surface area contributed by atoms with E-state index in [9.17, 15) is 0 Å². The van der Waals surface area contributed by atoms with Crippen LogP contribution in [0.25, 0.3) is 0 Å². The fourth-order valence-corrected chi connectivity index (χ4v) is 4.20. The molecule has 19 heavy (non-hydrogen) atoms. The molecule has 1 atom stereocenters. The molecule has 1 heterocycles. The van der Waals surface area contributed by atoms with Gasteiger partial charge in [-0.15, -0.1) is 0 Å². The molecule has 1 heteroatoms. The molecule has 104 valence electrons. The molecule has 1 nitrogen and oxygen atoms in total. The maximum Gasteiger partial charge on any atom is 0.127 e. The number of fused-ring (bicyclic) bond motifs is 1. The van der Waals surface area contributed by atoms with Crippen molar-refractivity contribution in [3.63, 3.8) is 0 Å². The van der Waals surface area contributed by atoms with Gasteiger partial charge in [0.05, 0.1) is 0 Å². The predicted octanol–water partition coefficient (Wildman–Crippen LogP) is 5.12. The number of hydrogen-bond acceptors (Lipinski definition) is 1. The second-order valence-corrected chi connectivity index (χ2v) is 6.69. The third-order valence-corrected chi connectivity index (χ3v) is 5.90. The van der Waals surface area contributed by atoms with Gasteiger partial charge in [0.2, 0.25) is 0 Å². The minimum atomic E-state index is 0.107. The SMILES string of the molecule is Cc1c(C)c(C)c2c(c1C)OC1(CCCCC1)C2C. The van der Waals surface area contributed by atoms with Crippen molar-refractivity contribution < 1.29 is 4.74 Å². The van der Waals surface area contributed by atoms with Crippen molar-refractivity contribution in [3.8, 4) is 5.75 Å². The average Bonchev–Trinajstić information content (AvgIpc) is 2.69. The van der Waals surface area contributed by atoms with E-state index in [1.54, 1.807) is 0 Å². The summed E-state index contributed by atoms with van der Waals surface area (Å²) >= 11 is 0. The molecule has 0 amide bonds.